The average Bonchev–Trinajstić information content (AvgIpc) is 2.63. The highest BCUT2D eigenvalue weighted by molar-refractivity contribution is 5.86. The van der Waals surface area contributed by atoms with Gasteiger partial charge in [0, 0.05) is 6.42 Å². The third-order valence-electron chi connectivity index (χ3n) is 3.80. The average molecular weight is 224 g/mol. The number of Topliss-reactive ketones (excluding diaryl/α,β-unsaturated/α-hetero) is 1. The summed E-state index contributed by atoms with van der Waals surface area (Å²) in [5.74, 6) is 0.0418. The minimum absolute atomic E-state index is 0.0394. The first-order valence-corrected chi connectivity index (χ1v) is 6.28. The summed E-state index contributed by atoms with van der Waals surface area (Å²) in [4.78, 5) is 25.3. The molecule has 90 valence electrons. The van der Waals surface area contributed by atoms with Crippen molar-refractivity contribution in [3.05, 3.63) is 0 Å². The Morgan fingerprint density at radius 2 is 2.00 bits per heavy atom. The van der Waals surface area contributed by atoms with Gasteiger partial charge in [0.05, 0.1) is 12.1 Å². The van der Waals surface area contributed by atoms with E-state index in [0.717, 1.165) is 45.1 Å². The summed E-state index contributed by atoms with van der Waals surface area (Å²) in [6.07, 6.45) is 6.62. The van der Waals surface area contributed by atoms with E-state index in [9.17, 15) is 9.59 Å². The second-order valence-electron chi connectivity index (χ2n) is 4.88. The van der Waals surface area contributed by atoms with Crippen LogP contribution in [0.5, 0.6) is 0 Å². The summed E-state index contributed by atoms with van der Waals surface area (Å²) >= 11 is 0. The van der Waals surface area contributed by atoms with Crippen molar-refractivity contribution in [2.75, 3.05) is 6.54 Å². The van der Waals surface area contributed by atoms with Crippen molar-refractivity contribution in [1.29, 1.82) is 0 Å². The fraction of sp³-hybridized carbons (Fsp3) is 0.833. The van der Waals surface area contributed by atoms with E-state index in [4.69, 9.17) is 5.73 Å². The molecule has 2 N–H and O–H groups in total. The van der Waals surface area contributed by atoms with Gasteiger partial charge in [-0.1, -0.05) is 12.8 Å². The molecule has 2 fully saturated rings. The Morgan fingerprint density at radius 1 is 1.19 bits per heavy atom. The molecule has 4 heteroatoms. The molecule has 1 aliphatic carbocycles. The number of likely N-dealkylation sites (tertiary alicyclic amines) is 1. The smallest absolute Gasteiger partial charge is 0.234 e. The van der Waals surface area contributed by atoms with Crippen molar-refractivity contribution in [3.63, 3.8) is 0 Å². The molecule has 0 spiro atoms. The predicted molar refractivity (Wildman–Crippen MR) is 60.8 cm³/mol. The molecule has 1 saturated carbocycles. The zero-order valence-corrected chi connectivity index (χ0v) is 9.65. The van der Waals surface area contributed by atoms with Crippen molar-refractivity contribution in [3.8, 4) is 0 Å². The van der Waals surface area contributed by atoms with E-state index in [1.54, 1.807) is 0 Å². The molecule has 0 radical (unpaired) electrons. The Labute approximate surface area is 96.2 Å². The molecule has 2 aliphatic rings. The Bertz CT molecular complexity index is 291. The Hall–Kier alpha value is -0.900. The lowest BCUT2D eigenvalue weighted by atomic mass is 10.0. The molecular formula is C12H20N2O2. The van der Waals surface area contributed by atoms with Crippen LogP contribution in [0.25, 0.3) is 0 Å². The fourth-order valence-electron chi connectivity index (χ4n) is 2.96. The molecule has 2 atom stereocenters. The molecule has 0 bridgehead atoms. The molecule has 0 aromatic carbocycles. The SMILES string of the molecule is NC(=O)C1CCCN1C1CCCCCC1=O. The van der Waals surface area contributed by atoms with Gasteiger partial charge in [-0.3, -0.25) is 14.5 Å². The first kappa shape index (κ1) is 11.6. The van der Waals surface area contributed by atoms with Crippen LogP contribution < -0.4 is 5.73 Å². The summed E-state index contributed by atoms with van der Waals surface area (Å²) in [6.45, 7) is 0.851. The third-order valence-corrected chi connectivity index (χ3v) is 3.80. The first-order chi connectivity index (χ1) is 7.70. The largest absolute Gasteiger partial charge is 0.368 e. The summed E-state index contributed by atoms with van der Waals surface area (Å²) in [7, 11) is 0. The van der Waals surface area contributed by atoms with E-state index >= 15 is 0 Å². The van der Waals surface area contributed by atoms with Crippen LogP contribution in [0.1, 0.15) is 44.9 Å². The molecule has 1 aliphatic heterocycles. The summed E-state index contributed by atoms with van der Waals surface area (Å²) in [5.41, 5.74) is 5.39. The van der Waals surface area contributed by atoms with Gasteiger partial charge in [-0.25, -0.2) is 0 Å². The standard InChI is InChI=1S/C12H20N2O2/c13-12(16)10-6-4-8-14(10)9-5-2-1-3-7-11(9)15/h9-10H,1-8H2,(H2,13,16). The number of ketones is 1. The number of rotatable bonds is 2. The third kappa shape index (κ3) is 2.26. The van der Waals surface area contributed by atoms with Gasteiger partial charge in [-0.2, -0.15) is 0 Å². The molecule has 1 amide bonds. The number of carbonyl (C=O) groups is 2. The molecule has 0 aromatic rings. The number of carbonyl (C=O) groups excluding carboxylic acids is 2. The lowest BCUT2D eigenvalue weighted by Crippen LogP contribution is -2.48. The van der Waals surface area contributed by atoms with Crippen LogP contribution in [0.3, 0.4) is 0 Å². The molecule has 1 saturated heterocycles. The summed E-state index contributed by atoms with van der Waals surface area (Å²) < 4.78 is 0. The Balaban J connectivity index is 2.09. The monoisotopic (exact) mass is 224 g/mol. The number of primary amides is 1. The van der Waals surface area contributed by atoms with Crippen LogP contribution in [-0.4, -0.2) is 35.2 Å². The molecule has 1 heterocycles. The maximum Gasteiger partial charge on any atom is 0.234 e. The fourth-order valence-corrected chi connectivity index (χ4v) is 2.96. The van der Waals surface area contributed by atoms with Crippen LogP contribution in [0.2, 0.25) is 0 Å². The maximum atomic E-state index is 12.0. The van der Waals surface area contributed by atoms with Crippen molar-refractivity contribution in [2.24, 2.45) is 5.73 Å². The van der Waals surface area contributed by atoms with E-state index in [-0.39, 0.29) is 18.0 Å². The predicted octanol–water partition coefficient (Wildman–Crippen LogP) is 0.838. The van der Waals surface area contributed by atoms with E-state index < -0.39 is 0 Å². The van der Waals surface area contributed by atoms with Gasteiger partial charge in [0.15, 0.2) is 0 Å². The number of nitrogens with two attached hydrogens (primary N) is 1. The molecule has 2 rings (SSSR count). The molecule has 4 nitrogen and oxygen atoms in total. The van der Waals surface area contributed by atoms with Crippen LogP contribution in [0.15, 0.2) is 0 Å². The number of amides is 1. The van der Waals surface area contributed by atoms with E-state index in [0.29, 0.717) is 12.2 Å². The lowest BCUT2D eigenvalue weighted by Gasteiger charge is -2.29. The van der Waals surface area contributed by atoms with E-state index in [1.807, 2.05) is 0 Å². The quantitative estimate of drug-likeness (QED) is 0.707. The second kappa shape index (κ2) is 4.95. The topological polar surface area (TPSA) is 63.4 Å². The highest BCUT2D eigenvalue weighted by Crippen LogP contribution is 2.26. The Kier molecular flexibility index (Phi) is 3.59. The van der Waals surface area contributed by atoms with Gasteiger partial charge in [0.1, 0.15) is 5.78 Å². The van der Waals surface area contributed by atoms with Crippen molar-refractivity contribution >= 4 is 11.7 Å². The van der Waals surface area contributed by atoms with Crippen LogP contribution >= 0.6 is 0 Å². The highest BCUT2D eigenvalue weighted by Gasteiger charge is 2.37. The van der Waals surface area contributed by atoms with Gasteiger partial charge in [0.25, 0.3) is 0 Å². The minimum Gasteiger partial charge on any atom is -0.368 e. The number of hydrogen-bond donors (Lipinski definition) is 1. The minimum atomic E-state index is -0.269. The number of hydrogen-bond acceptors (Lipinski definition) is 3. The Morgan fingerprint density at radius 3 is 2.75 bits per heavy atom. The van der Waals surface area contributed by atoms with Crippen LogP contribution in [0.4, 0.5) is 0 Å². The molecule has 2 unspecified atom stereocenters. The molecule has 0 aromatic heterocycles. The van der Waals surface area contributed by atoms with Gasteiger partial charge in [-0.05, 0) is 32.2 Å². The summed E-state index contributed by atoms with van der Waals surface area (Å²) in [5, 5.41) is 0. The highest BCUT2D eigenvalue weighted by atomic mass is 16.1. The van der Waals surface area contributed by atoms with Crippen molar-refractivity contribution in [1.82, 2.24) is 4.90 Å². The van der Waals surface area contributed by atoms with Crippen LogP contribution in [-0.2, 0) is 9.59 Å². The second-order valence-corrected chi connectivity index (χ2v) is 4.88. The normalized spacial score (nSPS) is 32.6. The van der Waals surface area contributed by atoms with Gasteiger partial charge >= 0.3 is 0 Å². The maximum absolute atomic E-state index is 12.0. The van der Waals surface area contributed by atoms with Crippen molar-refractivity contribution < 1.29 is 9.59 Å². The van der Waals surface area contributed by atoms with Crippen molar-refractivity contribution in [2.45, 2.75) is 57.0 Å². The zero-order chi connectivity index (χ0) is 11.5. The van der Waals surface area contributed by atoms with E-state index in [2.05, 4.69) is 4.90 Å². The lowest BCUT2D eigenvalue weighted by molar-refractivity contribution is -0.128. The molecular weight excluding hydrogens is 204 g/mol. The zero-order valence-electron chi connectivity index (χ0n) is 9.65. The van der Waals surface area contributed by atoms with Gasteiger partial charge in [0.2, 0.25) is 5.91 Å². The van der Waals surface area contributed by atoms with Gasteiger partial charge < -0.3 is 5.73 Å². The van der Waals surface area contributed by atoms with Gasteiger partial charge in [-0.15, -0.1) is 0 Å². The summed E-state index contributed by atoms with van der Waals surface area (Å²) in [6, 6.07) is -0.241. The first-order valence-electron chi connectivity index (χ1n) is 6.28. The number of nitrogens with zero attached hydrogens (tertiary/aromatic N) is 1. The van der Waals surface area contributed by atoms with Crippen LogP contribution in [0, 0.1) is 0 Å². The van der Waals surface area contributed by atoms with E-state index in [1.165, 1.54) is 0 Å². The molecule has 16 heavy (non-hydrogen) atoms.